The van der Waals surface area contributed by atoms with E-state index in [1.165, 1.54) is 0 Å². The molecule has 0 aliphatic rings. The molecule has 0 unspecified atom stereocenters. The van der Waals surface area contributed by atoms with Crippen LogP contribution in [-0.4, -0.2) is 4.57 Å². The molecule has 3 heteroatoms. The highest BCUT2D eigenvalue weighted by Crippen LogP contribution is 2.05. The molecule has 0 aliphatic heterocycles. The van der Waals surface area contributed by atoms with Gasteiger partial charge < -0.3 is 10.3 Å². The van der Waals surface area contributed by atoms with Gasteiger partial charge in [0.15, 0.2) is 0 Å². The van der Waals surface area contributed by atoms with Crippen molar-refractivity contribution in [2.45, 2.75) is 13.8 Å². The van der Waals surface area contributed by atoms with Crippen LogP contribution >= 0.6 is 0 Å². The van der Waals surface area contributed by atoms with E-state index in [1.807, 2.05) is 25.5 Å². The number of anilines is 1. The van der Waals surface area contributed by atoms with Gasteiger partial charge in [0.1, 0.15) is 0 Å². The zero-order valence-electron chi connectivity index (χ0n) is 7.01. The third kappa shape index (κ3) is 1.13. The standard InChI is InChI=1S/C8H12N2O/c1-5-4-7(11)8(9)6(2)10(5)3/h4H,9H2,1-3H3. The summed E-state index contributed by atoms with van der Waals surface area (Å²) in [5.74, 6) is 0. The minimum absolute atomic E-state index is 0.0851. The molecule has 0 aliphatic carbocycles. The Balaban J connectivity index is 3.59. The van der Waals surface area contributed by atoms with Gasteiger partial charge in [-0.1, -0.05) is 0 Å². The summed E-state index contributed by atoms with van der Waals surface area (Å²) in [6.45, 7) is 3.72. The summed E-state index contributed by atoms with van der Waals surface area (Å²) in [7, 11) is 1.89. The zero-order valence-corrected chi connectivity index (χ0v) is 7.01. The van der Waals surface area contributed by atoms with E-state index in [9.17, 15) is 4.79 Å². The van der Waals surface area contributed by atoms with Crippen LogP contribution in [0.5, 0.6) is 0 Å². The van der Waals surface area contributed by atoms with Crippen molar-refractivity contribution >= 4 is 5.69 Å². The van der Waals surface area contributed by atoms with Crippen LogP contribution in [0, 0.1) is 13.8 Å². The fraction of sp³-hybridized carbons (Fsp3) is 0.375. The highest BCUT2D eigenvalue weighted by molar-refractivity contribution is 5.43. The predicted molar refractivity (Wildman–Crippen MR) is 45.6 cm³/mol. The number of hydrogen-bond donors (Lipinski definition) is 1. The second kappa shape index (κ2) is 2.42. The van der Waals surface area contributed by atoms with Gasteiger partial charge in [-0.15, -0.1) is 0 Å². The smallest absolute Gasteiger partial charge is 0.204 e. The monoisotopic (exact) mass is 152 g/mol. The van der Waals surface area contributed by atoms with Gasteiger partial charge in [0.25, 0.3) is 0 Å². The normalized spacial score (nSPS) is 10.1. The van der Waals surface area contributed by atoms with Crippen LogP contribution in [0.1, 0.15) is 11.4 Å². The molecule has 0 spiro atoms. The van der Waals surface area contributed by atoms with E-state index in [4.69, 9.17) is 5.73 Å². The van der Waals surface area contributed by atoms with Gasteiger partial charge >= 0.3 is 0 Å². The Morgan fingerprint density at radius 1 is 1.45 bits per heavy atom. The lowest BCUT2D eigenvalue weighted by atomic mass is 10.2. The van der Waals surface area contributed by atoms with Gasteiger partial charge in [-0.25, -0.2) is 0 Å². The number of aryl methyl sites for hydroxylation is 1. The van der Waals surface area contributed by atoms with E-state index in [0.717, 1.165) is 11.4 Å². The first-order valence-electron chi connectivity index (χ1n) is 3.46. The number of hydrogen-bond acceptors (Lipinski definition) is 2. The van der Waals surface area contributed by atoms with Crippen molar-refractivity contribution in [2.24, 2.45) is 7.05 Å². The molecular formula is C8H12N2O. The third-order valence-corrected chi connectivity index (χ3v) is 2.03. The van der Waals surface area contributed by atoms with E-state index < -0.39 is 0 Å². The van der Waals surface area contributed by atoms with Crippen molar-refractivity contribution in [2.75, 3.05) is 5.73 Å². The number of rotatable bonds is 0. The van der Waals surface area contributed by atoms with Crippen molar-refractivity contribution < 1.29 is 0 Å². The topological polar surface area (TPSA) is 48.0 Å². The molecule has 3 nitrogen and oxygen atoms in total. The second-order valence-electron chi connectivity index (χ2n) is 2.71. The number of nitrogens with zero attached hydrogens (tertiary/aromatic N) is 1. The maximum absolute atomic E-state index is 11.1. The number of aromatic nitrogens is 1. The molecule has 0 fully saturated rings. The average molecular weight is 152 g/mol. The number of nitrogen functional groups attached to an aromatic ring is 1. The van der Waals surface area contributed by atoms with Crippen LogP contribution in [0.15, 0.2) is 10.9 Å². The van der Waals surface area contributed by atoms with E-state index in [-0.39, 0.29) is 5.43 Å². The molecule has 2 N–H and O–H groups in total. The van der Waals surface area contributed by atoms with Crippen molar-refractivity contribution in [3.8, 4) is 0 Å². The van der Waals surface area contributed by atoms with Crippen LogP contribution < -0.4 is 11.2 Å². The SMILES string of the molecule is Cc1cc(=O)c(N)c(C)n1C. The number of pyridine rings is 1. The fourth-order valence-corrected chi connectivity index (χ4v) is 0.988. The predicted octanol–water partition coefficient (Wildman–Crippen LogP) is 0.584. The van der Waals surface area contributed by atoms with Gasteiger partial charge in [0, 0.05) is 24.5 Å². The minimum atomic E-state index is -0.0851. The lowest BCUT2D eigenvalue weighted by Crippen LogP contribution is -2.16. The van der Waals surface area contributed by atoms with Crippen LogP contribution in [0.3, 0.4) is 0 Å². The van der Waals surface area contributed by atoms with E-state index in [1.54, 1.807) is 6.07 Å². The highest BCUT2D eigenvalue weighted by Gasteiger charge is 2.02. The van der Waals surface area contributed by atoms with E-state index in [2.05, 4.69) is 0 Å². The molecule has 0 amide bonds. The van der Waals surface area contributed by atoms with Crippen LogP contribution in [0.4, 0.5) is 5.69 Å². The molecular weight excluding hydrogens is 140 g/mol. The molecule has 1 aromatic heterocycles. The summed E-state index contributed by atoms with van der Waals surface area (Å²) in [4.78, 5) is 11.1. The van der Waals surface area contributed by atoms with Crippen LogP contribution in [0.2, 0.25) is 0 Å². The Morgan fingerprint density at radius 3 is 2.55 bits per heavy atom. The Hall–Kier alpha value is -1.25. The quantitative estimate of drug-likeness (QED) is 0.591. The van der Waals surface area contributed by atoms with Crippen molar-refractivity contribution in [1.82, 2.24) is 4.57 Å². The molecule has 0 saturated carbocycles. The van der Waals surface area contributed by atoms with Gasteiger partial charge in [-0.2, -0.15) is 0 Å². The Labute approximate surface area is 65.5 Å². The van der Waals surface area contributed by atoms with Gasteiger partial charge in [0.05, 0.1) is 5.69 Å². The second-order valence-corrected chi connectivity index (χ2v) is 2.71. The minimum Gasteiger partial charge on any atom is -0.394 e. The molecule has 60 valence electrons. The molecule has 0 saturated heterocycles. The van der Waals surface area contributed by atoms with Crippen molar-refractivity contribution in [3.05, 3.63) is 27.7 Å². The Morgan fingerprint density at radius 2 is 2.00 bits per heavy atom. The first kappa shape index (κ1) is 7.85. The molecule has 0 radical (unpaired) electrons. The van der Waals surface area contributed by atoms with Crippen LogP contribution in [0.25, 0.3) is 0 Å². The van der Waals surface area contributed by atoms with Crippen molar-refractivity contribution in [3.63, 3.8) is 0 Å². The maximum atomic E-state index is 11.1. The summed E-state index contributed by atoms with van der Waals surface area (Å²) in [5.41, 5.74) is 7.54. The van der Waals surface area contributed by atoms with Gasteiger partial charge in [-0.3, -0.25) is 4.79 Å². The van der Waals surface area contributed by atoms with E-state index >= 15 is 0 Å². The Kier molecular flexibility index (Phi) is 1.72. The fourth-order valence-electron chi connectivity index (χ4n) is 0.988. The summed E-state index contributed by atoms with van der Waals surface area (Å²) < 4.78 is 1.90. The molecule has 1 heterocycles. The van der Waals surface area contributed by atoms with E-state index in [0.29, 0.717) is 5.69 Å². The third-order valence-electron chi connectivity index (χ3n) is 2.03. The lowest BCUT2D eigenvalue weighted by Gasteiger charge is -2.09. The first-order valence-corrected chi connectivity index (χ1v) is 3.46. The summed E-state index contributed by atoms with van der Waals surface area (Å²) >= 11 is 0. The Bertz CT molecular complexity index is 339. The largest absolute Gasteiger partial charge is 0.394 e. The summed E-state index contributed by atoms with van der Waals surface area (Å²) in [6, 6.07) is 1.54. The van der Waals surface area contributed by atoms with Crippen LogP contribution in [-0.2, 0) is 7.05 Å². The summed E-state index contributed by atoms with van der Waals surface area (Å²) in [6.07, 6.45) is 0. The van der Waals surface area contributed by atoms with Crippen molar-refractivity contribution in [1.29, 1.82) is 0 Å². The average Bonchev–Trinajstić information content (AvgIpc) is 1.97. The molecule has 1 rings (SSSR count). The molecule has 0 aromatic carbocycles. The molecule has 11 heavy (non-hydrogen) atoms. The maximum Gasteiger partial charge on any atom is 0.204 e. The molecule has 0 atom stereocenters. The zero-order chi connectivity index (χ0) is 8.59. The highest BCUT2D eigenvalue weighted by atomic mass is 16.1. The first-order chi connectivity index (χ1) is 5.04. The van der Waals surface area contributed by atoms with Gasteiger partial charge in [0.2, 0.25) is 5.43 Å². The van der Waals surface area contributed by atoms with Gasteiger partial charge in [-0.05, 0) is 13.8 Å². The molecule has 0 bridgehead atoms. The molecule has 1 aromatic rings. The number of nitrogens with two attached hydrogens (primary N) is 1. The lowest BCUT2D eigenvalue weighted by molar-refractivity contribution is 0.817. The summed E-state index contributed by atoms with van der Waals surface area (Å²) in [5, 5.41) is 0.